The number of guanidine groups is 1. The van der Waals surface area contributed by atoms with Crippen molar-refractivity contribution >= 4 is 15.8 Å². The van der Waals surface area contributed by atoms with E-state index in [2.05, 4.69) is 39.5 Å². The Kier molecular flexibility index (Phi) is 6.16. The fourth-order valence-electron chi connectivity index (χ4n) is 3.41. The topological polar surface area (TPSA) is 61.8 Å². The van der Waals surface area contributed by atoms with Gasteiger partial charge < -0.3 is 10.2 Å². The van der Waals surface area contributed by atoms with Crippen molar-refractivity contribution in [3.05, 3.63) is 65.7 Å². The largest absolute Gasteiger partial charge is 0.352 e. The molecular formula is C21H27N3O2S. The predicted octanol–water partition coefficient (Wildman–Crippen LogP) is 2.87. The van der Waals surface area contributed by atoms with Gasteiger partial charge in [0, 0.05) is 26.2 Å². The average molecular weight is 386 g/mol. The number of hydrogen-bond donors (Lipinski definition) is 1. The molecule has 1 atom stereocenters. The van der Waals surface area contributed by atoms with Crippen molar-refractivity contribution in [1.29, 1.82) is 0 Å². The predicted molar refractivity (Wildman–Crippen MR) is 110 cm³/mol. The highest BCUT2D eigenvalue weighted by Gasteiger charge is 2.24. The van der Waals surface area contributed by atoms with Crippen LogP contribution in [-0.4, -0.2) is 44.7 Å². The summed E-state index contributed by atoms with van der Waals surface area (Å²) in [4.78, 5) is 6.97. The molecule has 5 nitrogen and oxygen atoms in total. The molecule has 2 aromatic rings. The second-order valence-electron chi connectivity index (χ2n) is 6.83. The van der Waals surface area contributed by atoms with E-state index in [1.807, 2.05) is 13.0 Å². The van der Waals surface area contributed by atoms with Crippen molar-refractivity contribution < 1.29 is 8.42 Å². The zero-order valence-corrected chi connectivity index (χ0v) is 16.7. The Balaban J connectivity index is 1.70. The van der Waals surface area contributed by atoms with Crippen molar-refractivity contribution in [2.24, 2.45) is 4.99 Å². The van der Waals surface area contributed by atoms with Gasteiger partial charge in [0.15, 0.2) is 15.8 Å². The first-order valence-corrected chi connectivity index (χ1v) is 11.0. The zero-order chi connectivity index (χ0) is 19.3. The molecule has 0 aliphatic carbocycles. The van der Waals surface area contributed by atoms with Gasteiger partial charge in [0.2, 0.25) is 0 Å². The second-order valence-corrected chi connectivity index (χ2v) is 8.87. The summed E-state index contributed by atoms with van der Waals surface area (Å²) < 4.78 is 25.4. The molecule has 144 valence electrons. The lowest BCUT2D eigenvalue weighted by Crippen LogP contribution is -2.49. The van der Waals surface area contributed by atoms with Crippen molar-refractivity contribution in [3.63, 3.8) is 0 Å². The number of fused-ring (bicyclic) bond motifs is 1. The SMILES string of the molecule is CCC(CS(=O)(=O)c1ccccc1)NC(=NC)N1CCc2ccccc2C1. The molecule has 6 heteroatoms. The maximum atomic E-state index is 12.7. The lowest BCUT2D eigenvalue weighted by molar-refractivity contribution is 0.372. The van der Waals surface area contributed by atoms with Gasteiger partial charge in [0.05, 0.1) is 10.6 Å². The molecule has 0 saturated heterocycles. The van der Waals surface area contributed by atoms with Gasteiger partial charge in [-0.3, -0.25) is 4.99 Å². The summed E-state index contributed by atoms with van der Waals surface area (Å²) in [5, 5.41) is 3.38. The summed E-state index contributed by atoms with van der Waals surface area (Å²) in [6.45, 7) is 3.66. The minimum absolute atomic E-state index is 0.0525. The number of nitrogens with one attached hydrogen (secondary N) is 1. The standard InChI is InChI=1S/C21H27N3O2S/c1-3-19(16-27(25,26)20-11-5-4-6-12-20)23-21(22-2)24-14-13-17-9-7-8-10-18(17)15-24/h4-12,19H,3,13-16H2,1-2H3,(H,22,23). The molecular weight excluding hydrogens is 358 g/mol. The fraction of sp³-hybridized carbons (Fsp3) is 0.381. The maximum absolute atomic E-state index is 12.7. The van der Waals surface area contributed by atoms with Crippen LogP contribution in [0.15, 0.2) is 64.5 Å². The summed E-state index contributed by atoms with van der Waals surface area (Å²) in [6.07, 6.45) is 1.67. The average Bonchev–Trinajstić information content (AvgIpc) is 2.71. The number of benzene rings is 2. The van der Waals surface area contributed by atoms with E-state index in [-0.39, 0.29) is 11.8 Å². The van der Waals surface area contributed by atoms with Crippen LogP contribution in [0.3, 0.4) is 0 Å². The Hall–Kier alpha value is -2.34. The summed E-state index contributed by atoms with van der Waals surface area (Å²) >= 11 is 0. The van der Waals surface area contributed by atoms with Crippen molar-refractivity contribution in [1.82, 2.24) is 10.2 Å². The summed E-state index contributed by atoms with van der Waals surface area (Å²) in [7, 11) is -1.59. The third-order valence-electron chi connectivity index (χ3n) is 4.99. The van der Waals surface area contributed by atoms with Gasteiger partial charge >= 0.3 is 0 Å². The number of nitrogens with zero attached hydrogens (tertiary/aromatic N) is 2. The first-order valence-electron chi connectivity index (χ1n) is 9.36. The monoisotopic (exact) mass is 385 g/mol. The molecule has 0 bridgehead atoms. The van der Waals surface area contributed by atoms with Gasteiger partial charge in [-0.25, -0.2) is 8.42 Å². The lowest BCUT2D eigenvalue weighted by atomic mass is 10.0. The quantitative estimate of drug-likeness (QED) is 0.635. The molecule has 0 saturated carbocycles. The molecule has 1 aliphatic rings. The van der Waals surface area contributed by atoms with Crippen LogP contribution in [0.1, 0.15) is 24.5 Å². The van der Waals surface area contributed by atoms with Crippen LogP contribution in [0.2, 0.25) is 0 Å². The Morgan fingerprint density at radius 2 is 1.78 bits per heavy atom. The van der Waals surface area contributed by atoms with Crippen LogP contribution in [0.25, 0.3) is 0 Å². The molecule has 0 fully saturated rings. The normalized spacial score (nSPS) is 15.9. The highest BCUT2D eigenvalue weighted by atomic mass is 32.2. The summed E-state index contributed by atoms with van der Waals surface area (Å²) in [5.41, 5.74) is 2.68. The number of hydrogen-bond acceptors (Lipinski definition) is 3. The van der Waals surface area contributed by atoms with Crippen LogP contribution >= 0.6 is 0 Å². The number of rotatable bonds is 5. The van der Waals surface area contributed by atoms with E-state index in [9.17, 15) is 8.42 Å². The minimum Gasteiger partial charge on any atom is -0.352 e. The second kappa shape index (κ2) is 8.57. The van der Waals surface area contributed by atoms with Crippen LogP contribution in [0.4, 0.5) is 0 Å². The van der Waals surface area contributed by atoms with E-state index < -0.39 is 9.84 Å². The maximum Gasteiger partial charge on any atom is 0.194 e. The third kappa shape index (κ3) is 4.69. The highest BCUT2D eigenvalue weighted by molar-refractivity contribution is 7.91. The molecule has 0 amide bonds. The third-order valence-corrected chi connectivity index (χ3v) is 6.82. The smallest absolute Gasteiger partial charge is 0.194 e. The van der Waals surface area contributed by atoms with Gasteiger partial charge in [0.1, 0.15) is 0 Å². The van der Waals surface area contributed by atoms with Gasteiger partial charge in [-0.2, -0.15) is 0 Å². The highest BCUT2D eigenvalue weighted by Crippen LogP contribution is 2.19. The van der Waals surface area contributed by atoms with E-state index in [0.29, 0.717) is 11.3 Å². The molecule has 3 rings (SSSR count). The van der Waals surface area contributed by atoms with E-state index >= 15 is 0 Å². The molecule has 0 radical (unpaired) electrons. The van der Waals surface area contributed by atoms with Crippen molar-refractivity contribution in [2.75, 3.05) is 19.3 Å². The van der Waals surface area contributed by atoms with E-state index in [1.165, 1.54) is 11.1 Å². The molecule has 27 heavy (non-hydrogen) atoms. The Morgan fingerprint density at radius 1 is 1.11 bits per heavy atom. The number of aliphatic imine (C=N–C) groups is 1. The van der Waals surface area contributed by atoms with Gasteiger partial charge in [0.25, 0.3) is 0 Å². The molecule has 1 N–H and O–H groups in total. The Morgan fingerprint density at radius 3 is 2.44 bits per heavy atom. The number of sulfone groups is 1. The van der Waals surface area contributed by atoms with Gasteiger partial charge in [-0.1, -0.05) is 49.4 Å². The summed E-state index contributed by atoms with van der Waals surface area (Å²) in [6, 6.07) is 16.9. The molecule has 0 aromatic heterocycles. The van der Waals surface area contributed by atoms with Crippen LogP contribution < -0.4 is 5.32 Å². The molecule has 1 aliphatic heterocycles. The fourth-order valence-corrected chi connectivity index (χ4v) is 5.02. The molecule has 2 aromatic carbocycles. The first kappa shape index (κ1) is 19.4. The Labute approximate surface area is 162 Å². The van der Waals surface area contributed by atoms with Crippen molar-refractivity contribution in [2.45, 2.75) is 37.2 Å². The van der Waals surface area contributed by atoms with Crippen LogP contribution in [0.5, 0.6) is 0 Å². The lowest BCUT2D eigenvalue weighted by Gasteiger charge is -2.33. The molecule has 1 unspecified atom stereocenters. The first-order chi connectivity index (χ1) is 13.0. The van der Waals surface area contributed by atoms with Crippen molar-refractivity contribution in [3.8, 4) is 0 Å². The van der Waals surface area contributed by atoms with E-state index in [0.717, 1.165) is 25.5 Å². The van der Waals surface area contributed by atoms with E-state index in [1.54, 1.807) is 31.3 Å². The van der Waals surface area contributed by atoms with Gasteiger partial charge in [-0.05, 0) is 36.1 Å². The van der Waals surface area contributed by atoms with E-state index in [4.69, 9.17) is 0 Å². The molecule has 1 heterocycles. The minimum atomic E-state index is -3.34. The van der Waals surface area contributed by atoms with Crippen LogP contribution in [0, 0.1) is 0 Å². The zero-order valence-electron chi connectivity index (χ0n) is 15.9. The van der Waals surface area contributed by atoms with Crippen LogP contribution in [-0.2, 0) is 22.8 Å². The Bertz CT molecular complexity index is 895. The summed E-state index contributed by atoms with van der Waals surface area (Å²) in [5.74, 6) is 0.816. The van der Waals surface area contributed by atoms with Gasteiger partial charge in [-0.15, -0.1) is 0 Å². The molecule has 0 spiro atoms.